The molecule has 0 spiro atoms. The van der Waals surface area contributed by atoms with Crippen LogP contribution < -0.4 is 9.47 Å². The molecule has 31 heavy (non-hydrogen) atoms. The molecule has 0 fully saturated rings. The van der Waals surface area contributed by atoms with Gasteiger partial charge in [0, 0.05) is 18.4 Å². The third kappa shape index (κ3) is 5.45. The predicted molar refractivity (Wildman–Crippen MR) is 118 cm³/mol. The molecule has 0 heterocycles. The third-order valence-electron chi connectivity index (χ3n) is 4.76. The first kappa shape index (κ1) is 24.0. The van der Waals surface area contributed by atoms with Crippen molar-refractivity contribution in [2.24, 2.45) is 16.2 Å². The standard InChI is InChI=1S/C23H30N2O6/c1-13(2)7-10-18(31-20(26)11-14(3)4)15-12-19(29-5)21-16(24-27)8-9-17(25-28)22(21)23(15)30-6/h7-9,12,14,18,27-28H,10-11H2,1-6H3/t18-/m1/s1. The summed E-state index contributed by atoms with van der Waals surface area (Å²) in [5, 5.41) is 25.7. The molecular formula is C23H30N2O6. The molecule has 2 rings (SSSR count). The fraction of sp³-hybridized carbons (Fsp3) is 0.435. The molecule has 0 saturated heterocycles. The first-order valence-electron chi connectivity index (χ1n) is 10.0. The van der Waals surface area contributed by atoms with Crippen molar-refractivity contribution in [2.75, 3.05) is 14.2 Å². The number of esters is 1. The van der Waals surface area contributed by atoms with Gasteiger partial charge in [-0.15, -0.1) is 0 Å². The zero-order valence-corrected chi connectivity index (χ0v) is 18.8. The lowest BCUT2D eigenvalue weighted by atomic mass is 9.88. The van der Waals surface area contributed by atoms with Gasteiger partial charge in [-0.25, -0.2) is 0 Å². The number of carbonyl (C=O) groups is 1. The zero-order valence-electron chi connectivity index (χ0n) is 18.8. The lowest BCUT2D eigenvalue weighted by molar-refractivity contribution is -0.150. The molecule has 2 N–H and O–H groups in total. The number of fused-ring (bicyclic) bond motifs is 1. The Morgan fingerprint density at radius 3 is 2.16 bits per heavy atom. The summed E-state index contributed by atoms with van der Waals surface area (Å²) in [7, 11) is 2.95. The van der Waals surface area contributed by atoms with E-state index in [2.05, 4.69) is 10.3 Å². The summed E-state index contributed by atoms with van der Waals surface area (Å²) < 4.78 is 17.1. The normalized spacial score (nSPS) is 16.2. The third-order valence-corrected chi connectivity index (χ3v) is 4.76. The van der Waals surface area contributed by atoms with Crippen molar-refractivity contribution in [3.63, 3.8) is 0 Å². The summed E-state index contributed by atoms with van der Waals surface area (Å²) in [5.74, 6) is 0.539. The second-order valence-corrected chi connectivity index (χ2v) is 7.85. The Kier molecular flexibility index (Phi) is 8.24. The van der Waals surface area contributed by atoms with Crippen LogP contribution in [-0.2, 0) is 9.53 Å². The molecule has 0 aliphatic heterocycles. The molecule has 168 valence electrons. The predicted octanol–water partition coefficient (Wildman–Crippen LogP) is 4.62. The summed E-state index contributed by atoms with van der Waals surface area (Å²) in [6, 6.07) is 1.70. The van der Waals surface area contributed by atoms with Gasteiger partial charge in [-0.05, 0) is 38.0 Å². The van der Waals surface area contributed by atoms with E-state index in [1.54, 1.807) is 6.07 Å². The molecule has 1 aromatic carbocycles. The SMILES string of the molecule is COc1cc([C@@H](CC=C(C)C)OC(=O)CC(C)C)c(OC)c2c1C(=NO)C=CC2=NO. The van der Waals surface area contributed by atoms with Gasteiger partial charge in [0.15, 0.2) is 0 Å². The van der Waals surface area contributed by atoms with E-state index in [9.17, 15) is 15.2 Å². The molecule has 0 radical (unpaired) electrons. The summed E-state index contributed by atoms with van der Waals surface area (Å²) in [5.41, 5.74) is 2.85. The van der Waals surface area contributed by atoms with Crippen molar-refractivity contribution < 1.29 is 29.4 Å². The van der Waals surface area contributed by atoms with Crippen molar-refractivity contribution in [1.29, 1.82) is 0 Å². The lowest BCUT2D eigenvalue weighted by Crippen LogP contribution is -2.20. The molecule has 0 saturated carbocycles. The highest BCUT2D eigenvalue weighted by Crippen LogP contribution is 2.42. The van der Waals surface area contributed by atoms with Crippen LogP contribution in [0.5, 0.6) is 11.5 Å². The zero-order chi connectivity index (χ0) is 23.1. The molecule has 8 heteroatoms. The molecule has 1 aliphatic carbocycles. The van der Waals surface area contributed by atoms with E-state index in [4.69, 9.17) is 14.2 Å². The number of methoxy groups -OCH3 is 2. The van der Waals surface area contributed by atoms with E-state index in [1.807, 2.05) is 33.8 Å². The van der Waals surface area contributed by atoms with Crippen molar-refractivity contribution in [3.8, 4) is 11.5 Å². The minimum Gasteiger partial charge on any atom is -0.496 e. The number of nitrogens with zero attached hydrogens (tertiary/aromatic N) is 2. The summed E-state index contributed by atoms with van der Waals surface area (Å²) in [6.45, 7) is 7.81. The number of allylic oxidation sites excluding steroid dienone is 3. The van der Waals surface area contributed by atoms with Gasteiger partial charge in [-0.2, -0.15) is 0 Å². The minimum absolute atomic E-state index is 0.151. The monoisotopic (exact) mass is 430 g/mol. The van der Waals surface area contributed by atoms with Crippen LogP contribution in [0.4, 0.5) is 0 Å². The Bertz CT molecular complexity index is 940. The number of benzene rings is 1. The Labute approximate surface area is 182 Å². The second-order valence-electron chi connectivity index (χ2n) is 7.85. The molecule has 1 atom stereocenters. The van der Waals surface area contributed by atoms with Crippen LogP contribution in [0.25, 0.3) is 0 Å². The van der Waals surface area contributed by atoms with Crippen LogP contribution in [0.1, 0.15) is 63.3 Å². The van der Waals surface area contributed by atoms with E-state index in [1.165, 1.54) is 26.4 Å². The van der Waals surface area contributed by atoms with Crippen LogP contribution in [-0.4, -0.2) is 42.0 Å². The smallest absolute Gasteiger partial charge is 0.306 e. The highest BCUT2D eigenvalue weighted by molar-refractivity contribution is 6.27. The highest BCUT2D eigenvalue weighted by Gasteiger charge is 2.32. The fourth-order valence-corrected chi connectivity index (χ4v) is 3.39. The Hall–Kier alpha value is -3.29. The fourth-order valence-electron chi connectivity index (χ4n) is 3.39. The number of oxime groups is 2. The molecule has 0 unspecified atom stereocenters. The van der Waals surface area contributed by atoms with Crippen molar-refractivity contribution in [2.45, 2.75) is 46.6 Å². The van der Waals surface area contributed by atoms with Crippen LogP contribution >= 0.6 is 0 Å². The summed E-state index contributed by atoms with van der Waals surface area (Å²) >= 11 is 0. The Balaban J connectivity index is 2.74. The lowest BCUT2D eigenvalue weighted by Gasteiger charge is -2.26. The van der Waals surface area contributed by atoms with Gasteiger partial charge in [-0.1, -0.05) is 35.8 Å². The Morgan fingerprint density at radius 2 is 1.68 bits per heavy atom. The number of hydrogen-bond donors (Lipinski definition) is 2. The van der Waals surface area contributed by atoms with Crippen molar-refractivity contribution in [3.05, 3.63) is 46.6 Å². The van der Waals surface area contributed by atoms with Crippen LogP contribution in [0, 0.1) is 5.92 Å². The van der Waals surface area contributed by atoms with Gasteiger partial charge < -0.3 is 24.6 Å². The molecule has 0 amide bonds. The van der Waals surface area contributed by atoms with E-state index in [0.29, 0.717) is 34.6 Å². The van der Waals surface area contributed by atoms with Crippen molar-refractivity contribution >= 4 is 17.4 Å². The molecule has 8 nitrogen and oxygen atoms in total. The first-order chi connectivity index (χ1) is 14.8. The number of hydrogen-bond acceptors (Lipinski definition) is 8. The Morgan fingerprint density at radius 1 is 1.06 bits per heavy atom. The van der Waals surface area contributed by atoms with Gasteiger partial charge in [0.2, 0.25) is 0 Å². The summed E-state index contributed by atoms with van der Waals surface area (Å²) in [4.78, 5) is 12.5. The topological polar surface area (TPSA) is 110 Å². The van der Waals surface area contributed by atoms with Crippen LogP contribution in [0.15, 0.2) is 40.2 Å². The van der Waals surface area contributed by atoms with E-state index in [0.717, 1.165) is 5.57 Å². The van der Waals surface area contributed by atoms with Gasteiger partial charge in [-0.3, -0.25) is 4.79 Å². The molecule has 1 aliphatic rings. The van der Waals surface area contributed by atoms with Gasteiger partial charge in [0.1, 0.15) is 29.0 Å². The largest absolute Gasteiger partial charge is 0.496 e. The van der Waals surface area contributed by atoms with E-state index in [-0.39, 0.29) is 29.7 Å². The minimum atomic E-state index is -0.657. The number of rotatable bonds is 8. The average molecular weight is 431 g/mol. The van der Waals surface area contributed by atoms with Gasteiger partial charge in [0.05, 0.1) is 25.3 Å². The highest BCUT2D eigenvalue weighted by atomic mass is 16.5. The number of ether oxygens (including phenoxy) is 3. The maximum atomic E-state index is 12.5. The average Bonchev–Trinajstić information content (AvgIpc) is 2.73. The van der Waals surface area contributed by atoms with Crippen LogP contribution in [0.3, 0.4) is 0 Å². The molecule has 0 bridgehead atoms. The molecule has 0 aromatic heterocycles. The maximum Gasteiger partial charge on any atom is 0.306 e. The maximum absolute atomic E-state index is 12.5. The quantitative estimate of drug-likeness (QED) is 0.270. The molecular weight excluding hydrogens is 400 g/mol. The second kappa shape index (κ2) is 10.7. The van der Waals surface area contributed by atoms with Crippen molar-refractivity contribution in [1.82, 2.24) is 0 Å². The number of carbonyl (C=O) groups excluding carboxylic acids is 1. The van der Waals surface area contributed by atoms with E-state index < -0.39 is 6.10 Å². The molecule has 1 aromatic rings. The van der Waals surface area contributed by atoms with Crippen LogP contribution in [0.2, 0.25) is 0 Å². The van der Waals surface area contributed by atoms with Gasteiger partial charge >= 0.3 is 5.97 Å². The first-order valence-corrected chi connectivity index (χ1v) is 10.0. The van der Waals surface area contributed by atoms with Gasteiger partial charge in [0.25, 0.3) is 0 Å². The summed E-state index contributed by atoms with van der Waals surface area (Å²) in [6.07, 6.45) is 5.02. The van der Waals surface area contributed by atoms with E-state index >= 15 is 0 Å².